The molecular weight excluding hydrogens is 733 g/mol. The Morgan fingerprint density at radius 3 is 1.42 bits per heavy atom. The highest BCUT2D eigenvalue weighted by molar-refractivity contribution is 6.12. The highest BCUT2D eigenvalue weighted by Gasteiger charge is 2.23. The van der Waals surface area contributed by atoms with Gasteiger partial charge < -0.3 is 9.13 Å². The minimum absolute atomic E-state index is 0.566. The SMILES string of the molecule is Cc1ccc2c(c1)c1ccccc1n2-c1ccc(-c2nc(-c3ccccc3)nc(-c3ccccc3)n2)cc1-c1ccc(C#N)cc1-n1c2ccccc2c2cc(C)ccc21. The molecule has 0 bridgehead atoms. The molecule has 0 radical (unpaired) electrons. The van der Waals surface area contributed by atoms with Crippen molar-refractivity contribution in [2.75, 3.05) is 0 Å². The largest absolute Gasteiger partial charge is 0.309 e. The summed E-state index contributed by atoms with van der Waals surface area (Å²) in [4.78, 5) is 15.3. The molecule has 0 aliphatic carbocycles. The van der Waals surface area contributed by atoms with E-state index in [9.17, 15) is 5.26 Å². The lowest BCUT2D eigenvalue weighted by Gasteiger charge is -2.20. The number of benzene rings is 8. The zero-order chi connectivity index (χ0) is 40.3. The minimum atomic E-state index is 0.566. The summed E-state index contributed by atoms with van der Waals surface area (Å²) in [6.07, 6.45) is 0. The van der Waals surface area contributed by atoms with E-state index in [0.29, 0.717) is 23.0 Å². The second-order valence-electron chi connectivity index (χ2n) is 15.4. The third-order valence-electron chi connectivity index (χ3n) is 11.5. The van der Waals surface area contributed by atoms with Gasteiger partial charge in [0, 0.05) is 49.4 Å². The number of hydrogen-bond acceptors (Lipinski definition) is 4. The molecule has 0 saturated heterocycles. The van der Waals surface area contributed by atoms with E-state index in [2.05, 4.69) is 138 Å². The molecule has 11 aromatic rings. The van der Waals surface area contributed by atoms with Gasteiger partial charge in [-0.3, -0.25) is 0 Å². The van der Waals surface area contributed by atoms with Crippen LogP contribution in [0.4, 0.5) is 0 Å². The molecule has 0 N–H and O–H groups in total. The predicted octanol–water partition coefficient (Wildman–Crippen LogP) is 13.2. The van der Waals surface area contributed by atoms with Crippen LogP contribution in [-0.4, -0.2) is 24.1 Å². The number of nitriles is 1. The van der Waals surface area contributed by atoms with Crippen LogP contribution in [0.1, 0.15) is 16.7 Å². The monoisotopic (exact) mass is 768 g/mol. The van der Waals surface area contributed by atoms with Crippen molar-refractivity contribution in [3.05, 3.63) is 199 Å². The van der Waals surface area contributed by atoms with Crippen LogP contribution >= 0.6 is 0 Å². The smallest absolute Gasteiger partial charge is 0.164 e. The maximum Gasteiger partial charge on any atom is 0.164 e. The van der Waals surface area contributed by atoms with Gasteiger partial charge >= 0.3 is 0 Å². The highest BCUT2D eigenvalue weighted by Crippen LogP contribution is 2.43. The van der Waals surface area contributed by atoms with Gasteiger partial charge in [-0.05, 0) is 80.6 Å². The van der Waals surface area contributed by atoms with Crippen molar-refractivity contribution in [1.29, 1.82) is 5.26 Å². The van der Waals surface area contributed by atoms with Crippen molar-refractivity contribution in [2.24, 2.45) is 0 Å². The normalized spacial score (nSPS) is 11.5. The van der Waals surface area contributed by atoms with Gasteiger partial charge in [-0.1, -0.05) is 126 Å². The molecular formula is C54H36N6. The van der Waals surface area contributed by atoms with Crippen molar-refractivity contribution in [3.63, 3.8) is 0 Å². The molecule has 0 amide bonds. The van der Waals surface area contributed by atoms with E-state index >= 15 is 0 Å². The summed E-state index contributed by atoms with van der Waals surface area (Å²) in [7, 11) is 0. The molecule has 0 saturated carbocycles. The fraction of sp³-hybridized carbons (Fsp3) is 0.0370. The van der Waals surface area contributed by atoms with Crippen LogP contribution in [-0.2, 0) is 0 Å². The number of aryl methyl sites for hydroxylation is 2. The number of para-hydroxylation sites is 2. The van der Waals surface area contributed by atoms with Gasteiger partial charge in [0.1, 0.15) is 0 Å². The van der Waals surface area contributed by atoms with E-state index in [1.807, 2.05) is 72.8 Å². The van der Waals surface area contributed by atoms with Crippen LogP contribution < -0.4 is 0 Å². The van der Waals surface area contributed by atoms with Crippen LogP contribution in [0.25, 0.3) is 100 Å². The van der Waals surface area contributed by atoms with E-state index in [-0.39, 0.29) is 0 Å². The molecule has 11 rings (SSSR count). The first kappa shape index (κ1) is 35.1. The number of hydrogen-bond donors (Lipinski definition) is 0. The van der Waals surface area contributed by atoms with E-state index in [0.717, 1.165) is 72.0 Å². The number of rotatable bonds is 6. The second-order valence-corrected chi connectivity index (χ2v) is 15.4. The third-order valence-corrected chi connectivity index (χ3v) is 11.5. The van der Waals surface area contributed by atoms with E-state index < -0.39 is 0 Å². The summed E-state index contributed by atoms with van der Waals surface area (Å²) in [6, 6.07) is 65.6. The summed E-state index contributed by atoms with van der Waals surface area (Å²) in [5, 5.41) is 15.1. The van der Waals surface area contributed by atoms with Crippen LogP contribution in [0.15, 0.2) is 182 Å². The molecule has 6 heteroatoms. The minimum Gasteiger partial charge on any atom is -0.309 e. The van der Waals surface area contributed by atoms with Gasteiger partial charge in [0.15, 0.2) is 17.5 Å². The van der Waals surface area contributed by atoms with Crippen LogP contribution in [0.5, 0.6) is 0 Å². The molecule has 3 heterocycles. The number of nitrogens with zero attached hydrogens (tertiary/aromatic N) is 6. The lowest BCUT2D eigenvalue weighted by Crippen LogP contribution is -2.04. The Morgan fingerprint density at radius 1 is 0.383 bits per heavy atom. The van der Waals surface area contributed by atoms with Crippen LogP contribution in [0.2, 0.25) is 0 Å². The van der Waals surface area contributed by atoms with Crippen LogP contribution in [0.3, 0.4) is 0 Å². The molecule has 8 aromatic carbocycles. The summed E-state index contributed by atoms with van der Waals surface area (Å²) < 4.78 is 4.69. The second kappa shape index (κ2) is 14.1. The van der Waals surface area contributed by atoms with E-state index in [1.54, 1.807) is 0 Å². The van der Waals surface area contributed by atoms with Crippen molar-refractivity contribution in [2.45, 2.75) is 13.8 Å². The number of aromatic nitrogens is 5. The van der Waals surface area contributed by atoms with E-state index in [1.165, 1.54) is 21.9 Å². The quantitative estimate of drug-likeness (QED) is 0.169. The molecule has 60 heavy (non-hydrogen) atoms. The highest BCUT2D eigenvalue weighted by atomic mass is 15.0. The number of fused-ring (bicyclic) bond motifs is 6. The topological polar surface area (TPSA) is 72.3 Å². The zero-order valence-electron chi connectivity index (χ0n) is 33.0. The Labute approximate surface area is 346 Å². The van der Waals surface area contributed by atoms with Crippen molar-refractivity contribution in [3.8, 4) is 62.7 Å². The van der Waals surface area contributed by atoms with Gasteiger partial charge in [-0.2, -0.15) is 5.26 Å². The predicted molar refractivity (Wildman–Crippen MR) is 244 cm³/mol. The Balaban J connectivity index is 1.25. The summed E-state index contributed by atoms with van der Waals surface area (Å²) >= 11 is 0. The van der Waals surface area contributed by atoms with Gasteiger partial charge in [0.2, 0.25) is 0 Å². The summed E-state index contributed by atoms with van der Waals surface area (Å²) in [5.41, 5.74) is 13.8. The fourth-order valence-electron chi connectivity index (χ4n) is 8.73. The fourth-order valence-corrected chi connectivity index (χ4v) is 8.73. The lowest BCUT2D eigenvalue weighted by molar-refractivity contribution is 1.07. The van der Waals surface area contributed by atoms with Crippen molar-refractivity contribution < 1.29 is 0 Å². The first-order valence-corrected chi connectivity index (χ1v) is 20.1. The average Bonchev–Trinajstić information content (AvgIpc) is 3.81. The first-order valence-electron chi connectivity index (χ1n) is 20.1. The molecule has 0 aliphatic heterocycles. The Morgan fingerprint density at radius 2 is 0.867 bits per heavy atom. The molecule has 6 nitrogen and oxygen atoms in total. The van der Waals surface area contributed by atoms with E-state index in [4.69, 9.17) is 15.0 Å². The summed E-state index contributed by atoms with van der Waals surface area (Å²) in [6.45, 7) is 4.27. The first-order chi connectivity index (χ1) is 29.5. The van der Waals surface area contributed by atoms with Crippen LogP contribution in [0, 0.1) is 25.2 Å². The Kier molecular flexibility index (Phi) is 8.21. The Bertz CT molecular complexity index is 3460. The molecule has 3 aromatic heterocycles. The molecule has 282 valence electrons. The van der Waals surface area contributed by atoms with Gasteiger partial charge in [0.05, 0.1) is 45.1 Å². The molecule has 0 fully saturated rings. The van der Waals surface area contributed by atoms with Gasteiger partial charge in [-0.25, -0.2) is 15.0 Å². The van der Waals surface area contributed by atoms with Gasteiger partial charge in [0.25, 0.3) is 0 Å². The molecule has 0 unspecified atom stereocenters. The van der Waals surface area contributed by atoms with Crippen molar-refractivity contribution in [1.82, 2.24) is 24.1 Å². The molecule has 0 atom stereocenters. The maximum absolute atomic E-state index is 10.4. The summed E-state index contributed by atoms with van der Waals surface area (Å²) in [5.74, 6) is 1.76. The average molecular weight is 769 g/mol. The van der Waals surface area contributed by atoms with Gasteiger partial charge in [-0.15, -0.1) is 0 Å². The van der Waals surface area contributed by atoms with Crippen molar-refractivity contribution >= 4 is 43.6 Å². The Hall–Kier alpha value is -8.14. The molecule has 0 aliphatic rings. The zero-order valence-corrected chi connectivity index (χ0v) is 33.0. The molecule has 0 spiro atoms. The lowest BCUT2D eigenvalue weighted by atomic mass is 9.96. The maximum atomic E-state index is 10.4. The third kappa shape index (κ3) is 5.75. The standard InChI is InChI=1S/C54H36N6/c1-34-21-26-48-43(29-34)40-17-9-11-19-46(40)59(48)50-28-24-39(54-57-52(37-13-5-3-6-14-37)56-53(58-54)38-15-7-4-8-16-38)32-45(50)42-25-23-36(33-55)31-51(42)60-47-20-12-10-18-41(47)44-30-35(2)22-27-49(44)60/h3-32H,1-2H3.